The van der Waals surface area contributed by atoms with Gasteiger partial charge in [-0.1, -0.05) is 20.8 Å². The van der Waals surface area contributed by atoms with E-state index in [-0.39, 0.29) is 11.7 Å². The minimum absolute atomic E-state index is 0.0602. The second kappa shape index (κ2) is 1.96. The molecule has 54 valence electrons. The van der Waals surface area contributed by atoms with Crippen molar-refractivity contribution in [1.29, 1.82) is 0 Å². The number of ether oxygens (including phenoxy) is 2. The van der Waals surface area contributed by atoms with Gasteiger partial charge in [0.05, 0.1) is 0 Å². The smallest absolute Gasteiger partial charge is 0.184 e. The second-order valence-electron chi connectivity index (χ2n) is 3.53. The van der Waals surface area contributed by atoms with Crippen LogP contribution in [0.5, 0.6) is 0 Å². The molecule has 1 fully saturated rings. The normalized spacial score (nSPS) is 34.7. The summed E-state index contributed by atoms with van der Waals surface area (Å²) in [6, 6.07) is 0. The van der Waals surface area contributed by atoms with Crippen LogP contribution in [0.4, 0.5) is 0 Å². The molecule has 1 aliphatic rings. The Balaban J connectivity index is 2.33. The van der Waals surface area contributed by atoms with E-state index in [0.29, 0.717) is 6.10 Å². The van der Waals surface area contributed by atoms with Crippen molar-refractivity contribution in [3.8, 4) is 0 Å². The highest BCUT2D eigenvalue weighted by Gasteiger charge is 2.47. The maximum Gasteiger partial charge on any atom is 0.184 e. The molecule has 0 bridgehead atoms. The van der Waals surface area contributed by atoms with Gasteiger partial charge in [0.2, 0.25) is 0 Å². The van der Waals surface area contributed by atoms with Crippen LogP contribution in [0.15, 0.2) is 0 Å². The van der Waals surface area contributed by atoms with Crippen molar-refractivity contribution < 1.29 is 9.47 Å². The summed E-state index contributed by atoms with van der Waals surface area (Å²) in [6.45, 7) is 6.45. The standard InChI is InChI=1S/C7H14O2/c1-7(2,3)5-6(8-4)9-5/h5-6H,1-4H3. The zero-order valence-corrected chi connectivity index (χ0v) is 6.47. The molecule has 1 aliphatic heterocycles. The van der Waals surface area contributed by atoms with Crippen LogP contribution in [0, 0.1) is 5.41 Å². The fraction of sp³-hybridized carbons (Fsp3) is 1.00. The fourth-order valence-corrected chi connectivity index (χ4v) is 0.891. The van der Waals surface area contributed by atoms with Crippen molar-refractivity contribution in [2.45, 2.75) is 33.2 Å². The van der Waals surface area contributed by atoms with Gasteiger partial charge in [0, 0.05) is 7.11 Å². The van der Waals surface area contributed by atoms with E-state index in [1.165, 1.54) is 0 Å². The minimum Gasteiger partial charge on any atom is -0.353 e. The molecule has 0 aromatic rings. The Kier molecular flexibility index (Phi) is 1.53. The van der Waals surface area contributed by atoms with Gasteiger partial charge in [0.1, 0.15) is 6.10 Å². The molecule has 2 atom stereocenters. The van der Waals surface area contributed by atoms with Gasteiger partial charge in [-0.15, -0.1) is 0 Å². The fourth-order valence-electron chi connectivity index (χ4n) is 0.891. The average molecular weight is 130 g/mol. The Hall–Kier alpha value is -0.0800. The molecule has 2 unspecified atom stereocenters. The molecule has 0 saturated carbocycles. The van der Waals surface area contributed by atoms with Gasteiger partial charge in [0.25, 0.3) is 0 Å². The van der Waals surface area contributed by atoms with Crippen LogP contribution < -0.4 is 0 Å². The van der Waals surface area contributed by atoms with Gasteiger partial charge in [0.15, 0.2) is 6.29 Å². The van der Waals surface area contributed by atoms with E-state index in [1.54, 1.807) is 7.11 Å². The van der Waals surface area contributed by atoms with E-state index < -0.39 is 0 Å². The first kappa shape index (κ1) is 7.03. The number of methoxy groups -OCH3 is 1. The van der Waals surface area contributed by atoms with Crippen molar-refractivity contribution in [3.05, 3.63) is 0 Å². The Labute approximate surface area is 56.2 Å². The zero-order chi connectivity index (χ0) is 7.07. The van der Waals surface area contributed by atoms with E-state index in [0.717, 1.165) is 0 Å². The SMILES string of the molecule is COC1OC1C(C)(C)C. The third-order valence-electron chi connectivity index (χ3n) is 1.54. The van der Waals surface area contributed by atoms with E-state index in [2.05, 4.69) is 20.8 Å². The van der Waals surface area contributed by atoms with Crippen molar-refractivity contribution in [3.63, 3.8) is 0 Å². The number of rotatable bonds is 1. The van der Waals surface area contributed by atoms with Gasteiger partial charge < -0.3 is 9.47 Å². The molecule has 0 amide bonds. The van der Waals surface area contributed by atoms with Crippen LogP contribution in [-0.2, 0) is 9.47 Å². The Morgan fingerprint density at radius 2 is 1.89 bits per heavy atom. The summed E-state index contributed by atoms with van der Waals surface area (Å²) in [5, 5.41) is 0. The van der Waals surface area contributed by atoms with Gasteiger partial charge in [-0.05, 0) is 5.41 Å². The number of hydrogen-bond donors (Lipinski definition) is 0. The molecule has 0 spiro atoms. The van der Waals surface area contributed by atoms with Gasteiger partial charge in [-0.25, -0.2) is 0 Å². The van der Waals surface area contributed by atoms with Gasteiger partial charge >= 0.3 is 0 Å². The molecule has 0 aromatic heterocycles. The predicted molar refractivity (Wildman–Crippen MR) is 35.1 cm³/mol. The summed E-state index contributed by atoms with van der Waals surface area (Å²) < 4.78 is 10.2. The molecule has 0 aromatic carbocycles. The average Bonchev–Trinajstić information content (AvgIpc) is 2.39. The number of hydrogen-bond acceptors (Lipinski definition) is 2. The van der Waals surface area contributed by atoms with E-state index >= 15 is 0 Å². The van der Waals surface area contributed by atoms with E-state index in [1.807, 2.05) is 0 Å². The molecule has 0 aliphatic carbocycles. The van der Waals surface area contributed by atoms with Crippen molar-refractivity contribution >= 4 is 0 Å². The summed E-state index contributed by atoms with van der Waals surface area (Å²) in [5.74, 6) is 0. The molecule has 9 heavy (non-hydrogen) atoms. The van der Waals surface area contributed by atoms with E-state index in [9.17, 15) is 0 Å². The van der Waals surface area contributed by atoms with Crippen LogP contribution in [0.1, 0.15) is 20.8 Å². The van der Waals surface area contributed by atoms with Crippen LogP contribution >= 0.6 is 0 Å². The van der Waals surface area contributed by atoms with Gasteiger partial charge in [-0.2, -0.15) is 0 Å². The van der Waals surface area contributed by atoms with E-state index in [4.69, 9.17) is 9.47 Å². The third-order valence-corrected chi connectivity index (χ3v) is 1.54. The zero-order valence-electron chi connectivity index (χ0n) is 6.47. The largest absolute Gasteiger partial charge is 0.353 e. The quantitative estimate of drug-likeness (QED) is 0.500. The molecular formula is C7H14O2. The molecule has 1 saturated heterocycles. The van der Waals surface area contributed by atoms with Crippen molar-refractivity contribution in [2.75, 3.05) is 7.11 Å². The first-order valence-electron chi connectivity index (χ1n) is 3.24. The van der Waals surface area contributed by atoms with Crippen molar-refractivity contribution in [2.24, 2.45) is 5.41 Å². The Morgan fingerprint density at radius 1 is 1.33 bits per heavy atom. The first-order chi connectivity index (χ1) is 4.05. The lowest BCUT2D eigenvalue weighted by atomic mass is 9.92. The molecule has 0 radical (unpaired) electrons. The lowest BCUT2D eigenvalue weighted by Crippen LogP contribution is -2.16. The number of epoxide rings is 1. The maximum absolute atomic E-state index is 5.21. The monoisotopic (exact) mass is 130 g/mol. The molecule has 2 nitrogen and oxygen atoms in total. The third kappa shape index (κ3) is 1.43. The van der Waals surface area contributed by atoms with Crippen LogP contribution in [0.25, 0.3) is 0 Å². The maximum atomic E-state index is 5.21. The predicted octanol–water partition coefficient (Wildman–Crippen LogP) is 1.40. The summed E-state index contributed by atoms with van der Waals surface area (Å²) in [4.78, 5) is 0. The van der Waals surface area contributed by atoms with Crippen LogP contribution in [0.2, 0.25) is 0 Å². The molecule has 1 heterocycles. The van der Waals surface area contributed by atoms with Crippen LogP contribution in [-0.4, -0.2) is 19.5 Å². The lowest BCUT2D eigenvalue weighted by molar-refractivity contribution is 0.0950. The highest BCUT2D eigenvalue weighted by molar-refractivity contribution is 4.87. The summed E-state index contributed by atoms with van der Waals surface area (Å²) in [5.41, 5.74) is 0.237. The second-order valence-corrected chi connectivity index (χ2v) is 3.53. The molecular weight excluding hydrogens is 116 g/mol. The first-order valence-corrected chi connectivity index (χ1v) is 3.24. The Morgan fingerprint density at radius 3 is 2.00 bits per heavy atom. The molecule has 0 N–H and O–H groups in total. The topological polar surface area (TPSA) is 21.8 Å². The highest BCUT2D eigenvalue weighted by Crippen LogP contribution is 2.37. The molecule has 1 rings (SSSR count). The van der Waals surface area contributed by atoms with Gasteiger partial charge in [-0.3, -0.25) is 0 Å². The summed E-state index contributed by atoms with van der Waals surface area (Å²) in [6.07, 6.45) is 0.368. The Bertz CT molecular complexity index is 104. The highest BCUT2D eigenvalue weighted by atomic mass is 16.8. The van der Waals surface area contributed by atoms with Crippen LogP contribution in [0.3, 0.4) is 0 Å². The summed E-state index contributed by atoms with van der Waals surface area (Å²) >= 11 is 0. The lowest BCUT2D eigenvalue weighted by Gasteiger charge is -2.13. The minimum atomic E-state index is 0.0602. The molecule has 2 heteroatoms. The van der Waals surface area contributed by atoms with Crippen molar-refractivity contribution in [1.82, 2.24) is 0 Å². The summed E-state index contributed by atoms with van der Waals surface area (Å²) in [7, 11) is 1.68.